The maximum Gasteiger partial charge on any atom is 0.289 e. The van der Waals surface area contributed by atoms with Gasteiger partial charge in [0.25, 0.3) is 5.91 Å². The quantitative estimate of drug-likeness (QED) is 0.410. The van der Waals surface area contributed by atoms with Crippen molar-refractivity contribution >= 4 is 17.5 Å². The first-order valence-corrected chi connectivity index (χ1v) is 12.0. The molecule has 3 aromatic rings. The molecule has 1 amide bonds. The third kappa shape index (κ3) is 5.80. The van der Waals surface area contributed by atoms with Gasteiger partial charge in [0.05, 0.1) is 0 Å². The molecular formula is C27H30ClFN2O3. The van der Waals surface area contributed by atoms with Gasteiger partial charge in [-0.1, -0.05) is 37.6 Å². The van der Waals surface area contributed by atoms with Crippen LogP contribution in [-0.2, 0) is 13.2 Å². The molecule has 7 heteroatoms. The van der Waals surface area contributed by atoms with Crippen LogP contribution in [0.2, 0.25) is 5.02 Å². The monoisotopic (exact) mass is 484 g/mol. The number of carbonyl (C=O) groups is 1. The molecule has 1 fully saturated rings. The summed E-state index contributed by atoms with van der Waals surface area (Å²) < 4.78 is 25.0. The normalized spacial score (nSPS) is 14.6. The maximum atomic E-state index is 13.1. The van der Waals surface area contributed by atoms with Crippen LogP contribution in [0.5, 0.6) is 5.75 Å². The Kier molecular flexibility index (Phi) is 7.59. The number of hydrogen-bond acceptors (Lipinski definition) is 4. The Morgan fingerprint density at radius 1 is 1.09 bits per heavy atom. The first kappa shape index (κ1) is 24.3. The molecule has 0 radical (unpaired) electrons. The SMILES string of the molecule is Cc1cc(OCc2ccc(C(=O)N3CCN(Cc4ccc(F)cc4)CC3)o2)c(C(C)C)cc1Cl. The first-order chi connectivity index (χ1) is 16.3. The first-order valence-electron chi connectivity index (χ1n) is 11.6. The van der Waals surface area contributed by atoms with Crippen LogP contribution < -0.4 is 4.74 Å². The second kappa shape index (κ2) is 10.6. The standard InChI is InChI=1S/C27H30ClFN2O3/c1-18(2)23-15-24(28)19(3)14-26(23)33-17-22-8-9-25(34-22)27(32)31-12-10-30(11-13-31)16-20-4-6-21(29)7-5-20/h4-9,14-15,18H,10-13,16-17H2,1-3H3. The van der Waals surface area contributed by atoms with E-state index < -0.39 is 0 Å². The molecule has 2 heterocycles. The topological polar surface area (TPSA) is 45.9 Å². The molecule has 1 aliphatic rings. The Hall–Kier alpha value is -2.83. The summed E-state index contributed by atoms with van der Waals surface area (Å²) >= 11 is 6.28. The number of benzene rings is 2. The number of rotatable bonds is 7. The van der Waals surface area contributed by atoms with Crippen molar-refractivity contribution in [2.24, 2.45) is 0 Å². The summed E-state index contributed by atoms with van der Waals surface area (Å²) in [6.45, 7) is 9.87. The van der Waals surface area contributed by atoms with E-state index in [1.165, 1.54) is 12.1 Å². The number of aryl methyl sites for hydroxylation is 1. The Morgan fingerprint density at radius 2 is 1.79 bits per heavy atom. The lowest BCUT2D eigenvalue weighted by molar-refractivity contribution is 0.0594. The number of carbonyl (C=O) groups excluding carboxylic acids is 1. The number of halogens is 2. The third-order valence-electron chi connectivity index (χ3n) is 6.13. The summed E-state index contributed by atoms with van der Waals surface area (Å²) in [4.78, 5) is 17.0. The van der Waals surface area contributed by atoms with Crippen LogP contribution >= 0.6 is 11.6 Å². The second-order valence-corrected chi connectivity index (χ2v) is 9.45. The molecule has 0 unspecified atom stereocenters. The molecule has 0 bridgehead atoms. The van der Waals surface area contributed by atoms with Gasteiger partial charge in [-0.05, 0) is 65.9 Å². The fraction of sp³-hybridized carbons (Fsp3) is 0.370. The fourth-order valence-corrected chi connectivity index (χ4v) is 4.25. The van der Waals surface area contributed by atoms with Gasteiger partial charge in [-0.15, -0.1) is 0 Å². The minimum Gasteiger partial charge on any atom is -0.485 e. The highest BCUT2D eigenvalue weighted by Crippen LogP contribution is 2.32. The van der Waals surface area contributed by atoms with E-state index >= 15 is 0 Å². The van der Waals surface area contributed by atoms with Crippen molar-refractivity contribution in [2.75, 3.05) is 26.2 Å². The molecule has 5 nitrogen and oxygen atoms in total. The lowest BCUT2D eigenvalue weighted by Crippen LogP contribution is -2.48. The van der Waals surface area contributed by atoms with Gasteiger partial charge in [-0.25, -0.2) is 4.39 Å². The van der Waals surface area contributed by atoms with Crippen LogP contribution in [0.15, 0.2) is 52.9 Å². The molecule has 1 aliphatic heterocycles. The number of furan rings is 1. The van der Waals surface area contributed by atoms with Crippen LogP contribution in [0.1, 0.15) is 52.8 Å². The van der Waals surface area contributed by atoms with E-state index in [-0.39, 0.29) is 24.2 Å². The van der Waals surface area contributed by atoms with E-state index in [9.17, 15) is 9.18 Å². The van der Waals surface area contributed by atoms with Crippen molar-refractivity contribution < 1.29 is 18.3 Å². The number of amides is 1. The fourth-order valence-electron chi connectivity index (χ4n) is 4.08. The van der Waals surface area contributed by atoms with Crippen molar-refractivity contribution in [1.82, 2.24) is 9.80 Å². The Bertz CT molecular complexity index is 1140. The summed E-state index contributed by atoms with van der Waals surface area (Å²) in [6.07, 6.45) is 0. The van der Waals surface area contributed by atoms with Gasteiger partial charge in [-0.2, -0.15) is 0 Å². The number of piperazine rings is 1. The van der Waals surface area contributed by atoms with Gasteiger partial charge in [-0.3, -0.25) is 9.69 Å². The van der Waals surface area contributed by atoms with Crippen molar-refractivity contribution in [3.8, 4) is 5.75 Å². The zero-order valence-electron chi connectivity index (χ0n) is 19.8. The molecule has 4 rings (SSSR count). The van der Waals surface area contributed by atoms with Gasteiger partial charge < -0.3 is 14.1 Å². The van der Waals surface area contributed by atoms with E-state index in [4.69, 9.17) is 20.8 Å². The predicted molar refractivity (Wildman–Crippen MR) is 131 cm³/mol. The Balaban J connectivity index is 1.32. The van der Waals surface area contributed by atoms with Crippen molar-refractivity contribution in [3.63, 3.8) is 0 Å². The van der Waals surface area contributed by atoms with Crippen molar-refractivity contribution in [1.29, 1.82) is 0 Å². The highest BCUT2D eigenvalue weighted by atomic mass is 35.5. The van der Waals surface area contributed by atoms with Crippen molar-refractivity contribution in [2.45, 2.75) is 39.8 Å². The van der Waals surface area contributed by atoms with Gasteiger partial charge in [0, 0.05) is 37.7 Å². The van der Waals surface area contributed by atoms with Crippen LogP contribution in [-0.4, -0.2) is 41.9 Å². The summed E-state index contributed by atoms with van der Waals surface area (Å²) in [5, 5.41) is 0.722. The van der Waals surface area contributed by atoms with Gasteiger partial charge in [0.1, 0.15) is 23.9 Å². The molecule has 180 valence electrons. The largest absolute Gasteiger partial charge is 0.485 e. The third-order valence-corrected chi connectivity index (χ3v) is 6.54. The number of ether oxygens (including phenoxy) is 1. The highest BCUT2D eigenvalue weighted by molar-refractivity contribution is 6.31. The lowest BCUT2D eigenvalue weighted by Gasteiger charge is -2.34. The van der Waals surface area contributed by atoms with Crippen LogP contribution in [0, 0.1) is 12.7 Å². The summed E-state index contributed by atoms with van der Waals surface area (Å²) in [7, 11) is 0. The van der Waals surface area contributed by atoms with E-state index in [2.05, 4.69) is 18.7 Å². The molecule has 1 saturated heterocycles. The molecule has 1 aromatic heterocycles. The number of nitrogens with zero attached hydrogens (tertiary/aromatic N) is 2. The second-order valence-electron chi connectivity index (χ2n) is 9.04. The van der Waals surface area contributed by atoms with Gasteiger partial charge >= 0.3 is 0 Å². The molecule has 34 heavy (non-hydrogen) atoms. The van der Waals surface area contributed by atoms with Crippen LogP contribution in [0.4, 0.5) is 4.39 Å². The molecule has 0 atom stereocenters. The highest BCUT2D eigenvalue weighted by Gasteiger charge is 2.24. The predicted octanol–water partition coefficient (Wildman–Crippen LogP) is 6.04. The molecule has 2 aromatic carbocycles. The Morgan fingerprint density at radius 3 is 2.47 bits per heavy atom. The summed E-state index contributed by atoms with van der Waals surface area (Å²) in [5.74, 6) is 1.62. The van der Waals surface area contributed by atoms with Crippen LogP contribution in [0.25, 0.3) is 0 Å². The van der Waals surface area contributed by atoms with Crippen LogP contribution in [0.3, 0.4) is 0 Å². The van der Waals surface area contributed by atoms with E-state index in [1.54, 1.807) is 24.3 Å². The van der Waals surface area contributed by atoms with Gasteiger partial charge in [0.2, 0.25) is 0 Å². The zero-order chi connectivity index (χ0) is 24.2. The minimum atomic E-state index is -0.231. The summed E-state index contributed by atoms with van der Waals surface area (Å²) in [6, 6.07) is 13.9. The smallest absolute Gasteiger partial charge is 0.289 e. The van der Waals surface area contributed by atoms with E-state index in [0.29, 0.717) is 24.6 Å². The lowest BCUT2D eigenvalue weighted by atomic mass is 10.0. The van der Waals surface area contributed by atoms with Gasteiger partial charge in [0.15, 0.2) is 5.76 Å². The average Bonchev–Trinajstić information content (AvgIpc) is 3.30. The number of hydrogen-bond donors (Lipinski definition) is 0. The van der Waals surface area contributed by atoms with E-state index in [0.717, 1.165) is 47.1 Å². The van der Waals surface area contributed by atoms with Crippen molar-refractivity contribution in [3.05, 3.63) is 87.6 Å². The molecule has 0 N–H and O–H groups in total. The summed E-state index contributed by atoms with van der Waals surface area (Å²) in [5.41, 5.74) is 3.06. The van der Waals surface area contributed by atoms with E-state index in [1.807, 2.05) is 24.0 Å². The molecular weight excluding hydrogens is 455 g/mol. The maximum absolute atomic E-state index is 13.1. The minimum absolute atomic E-state index is 0.113. The zero-order valence-corrected chi connectivity index (χ0v) is 20.6. The Labute approximate surface area is 205 Å². The molecule has 0 aliphatic carbocycles. The molecule has 0 spiro atoms. The molecule has 0 saturated carbocycles. The average molecular weight is 485 g/mol.